The molecule has 2 heterocycles. The number of thiophene rings is 1. The lowest BCUT2D eigenvalue weighted by molar-refractivity contribution is 0.531. The molecule has 120 valence electrons. The molecule has 1 N–H and O–H groups in total. The van der Waals surface area contributed by atoms with E-state index >= 15 is 0 Å². The highest BCUT2D eigenvalue weighted by molar-refractivity contribution is 7.89. The van der Waals surface area contributed by atoms with E-state index in [2.05, 4.69) is 9.82 Å². The normalized spacial score (nSPS) is 16.7. The molecular weight excluding hydrogens is 318 g/mol. The summed E-state index contributed by atoms with van der Waals surface area (Å²) in [6, 6.07) is 4.00. The smallest absolute Gasteiger partial charge is 0.244 e. The average Bonchev–Trinajstić information content (AvgIpc) is 3.19. The van der Waals surface area contributed by atoms with Gasteiger partial charge in [0.15, 0.2) is 0 Å². The summed E-state index contributed by atoms with van der Waals surface area (Å²) in [4.78, 5) is 1.17. The fraction of sp³-hybridized carbons (Fsp3) is 0.533. The van der Waals surface area contributed by atoms with E-state index in [1.54, 1.807) is 10.9 Å². The maximum atomic E-state index is 12.8. The standard InChI is InChI=1S/C15H21N3O2S2/c1-11(2)18-10-14(15(16-18)13-8-5-9-21-13)22(19,20)17-12-6-3-4-7-12/h5,8-12,17H,3-4,6-7H2,1-2H3. The van der Waals surface area contributed by atoms with E-state index < -0.39 is 10.0 Å². The van der Waals surface area contributed by atoms with Crippen LogP contribution >= 0.6 is 11.3 Å². The Bertz CT molecular complexity index is 727. The maximum Gasteiger partial charge on any atom is 0.244 e. The minimum absolute atomic E-state index is 0.0589. The molecule has 1 aliphatic rings. The molecule has 1 saturated carbocycles. The molecule has 0 aliphatic heterocycles. The summed E-state index contributed by atoms with van der Waals surface area (Å²) in [5.74, 6) is 0. The number of sulfonamides is 1. The van der Waals surface area contributed by atoms with E-state index in [4.69, 9.17) is 0 Å². The maximum absolute atomic E-state index is 12.8. The van der Waals surface area contributed by atoms with Crippen molar-refractivity contribution in [3.8, 4) is 10.6 Å². The first-order valence-electron chi connectivity index (χ1n) is 7.63. The molecule has 2 aromatic rings. The van der Waals surface area contributed by atoms with Gasteiger partial charge in [-0.1, -0.05) is 18.9 Å². The number of rotatable bonds is 5. The Balaban J connectivity index is 2.00. The van der Waals surface area contributed by atoms with Crippen LogP contribution in [0.3, 0.4) is 0 Å². The molecule has 0 unspecified atom stereocenters. The monoisotopic (exact) mass is 339 g/mol. The van der Waals surface area contributed by atoms with Gasteiger partial charge in [0.05, 0.1) is 4.88 Å². The van der Waals surface area contributed by atoms with E-state index in [0.717, 1.165) is 30.6 Å². The van der Waals surface area contributed by atoms with Crippen molar-refractivity contribution in [3.05, 3.63) is 23.7 Å². The van der Waals surface area contributed by atoms with Crippen molar-refractivity contribution in [3.63, 3.8) is 0 Å². The van der Waals surface area contributed by atoms with Gasteiger partial charge < -0.3 is 0 Å². The largest absolute Gasteiger partial charge is 0.268 e. The van der Waals surface area contributed by atoms with E-state index in [-0.39, 0.29) is 17.0 Å². The minimum atomic E-state index is -3.54. The lowest BCUT2D eigenvalue weighted by Gasteiger charge is -2.12. The molecule has 0 radical (unpaired) electrons. The molecule has 1 fully saturated rings. The second kappa shape index (κ2) is 6.14. The summed E-state index contributed by atoms with van der Waals surface area (Å²) in [5, 5.41) is 6.44. The van der Waals surface area contributed by atoms with Crippen LogP contribution in [0.5, 0.6) is 0 Å². The predicted octanol–water partition coefficient (Wildman–Crippen LogP) is 3.41. The fourth-order valence-electron chi connectivity index (χ4n) is 2.75. The molecule has 0 amide bonds. The first-order chi connectivity index (χ1) is 10.5. The molecule has 0 aromatic carbocycles. The first kappa shape index (κ1) is 15.7. The number of hydrogen-bond donors (Lipinski definition) is 1. The SMILES string of the molecule is CC(C)n1cc(S(=O)(=O)NC2CCCC2)c(-c2cccs2)n1. The fourth-order valence-corrected chi connectivity index (χ4v) is 4.99. The van der Waals surface area contributed by atoms with Crippen molar-refractivity contribution in [2.75, 3.05) is 0 Å². The number of nitrogens with zero attached hydrogens (tertiary/aromatic N) is 2. The zero-order valence-corrected chi connectivity index (χ0v) is 14.5. The highest BCUT2D eigenvalue weighted by Crippen LogP contribution is 2.31. The van der Waals surface area contributed by atoms with Gasteiger partial charge in [-0.25, -0.2) is 13.1 Å². The molecule has 1 aliphatic carbocycles. The average molecular weight is 339 g/mol. The van der Waals surface area contributed by atoms with Crippen LogP contribution in [0.15, 0.2) is 28.6 Å². The van der Waals surface area contributed by atoms with Gasteiger partial charge in [0.2, 0.25) is 10.0 Å². The van der Waals surface area contributed by atoms with Crippen LogP contribution in [-0.4, -0.2) is 24.2 Å². The summed E-state index contributed by atoms with van der Waals surface area (Å²) in [5.41, 5.74) is 0.550. The molecule has 0 spiro atoms. The summed E-state index contributed by atoms with van der Waals surface area (Å²) in [6.45, 7) is 3.98. The van der Waals surface area contributed by atoms with Gasteiger partial charge in [-0.05, 0) is 38.1 Å². The number of nitrogens with one attached hydrogen (secondary N) is 1. The van der Waals surface area contributed by atoms with Gasteiger partial charge in [0.25, 0.3) is 0 Å². The molecule has 0 saturated heterocycles. The van der Waals surface area contributed by atoms with Crippen molar-refractivity contribution in [2.45, 2.75) is 56.5 Å². The summed E-state index contributed by atoms with van der Waals surface area (Å²) in [6.07, 6.45) is 5.68. The van der Waals surface area contributed by atoms with Gasteiger partial charge >= 0.3 is 0 Å². The first-order valence-corrected chi connectivity index (χ1v) is 9.99. The predicted molar refractivity (Wildman–Crippen MR) is 88.5 cm³/mol. The second-order valence-corrected chi connectivity index (χ2v) is 8.63. The Morgan fingerprint density at radius 3 is 2.68 bits per heavy atom. The molecule has 5 nitrogen and oxygen atoms in total. The Hall–Kier alpha value is -1.18. The Kier molecular flexibility index (Phi) is 4.38. The lowest BCUT2D eigenvalue weighted by atomic mass is 10.3. The second-order valence-electron chi connectivity index (χ2n) is 6.00. The highest BCUT2D eigenvalue weighted by Gasteiger charge is 2.28. The van der Waals surface area contributed by atoms with Gasteiger partial charge in [-0.2, -0.15) is 5.10 Å². The van der Waals surface area contributed by atoms with Gasteiger partial charge in [-0.15, -0.1) is 11.3 Å². The zero-order chi connectivity index (χ0) is 15.7. The van der Waals surface area contributed by atoms with Crippen LogP contribution in [0.25, 0.3) is 10.6 Å². The molecule has 3 rings (SSSR count). The summed E-state index contributed by atoms with van der Waals surface area (Å²) >= 11 is 1.51. The molecule has 22 heavy (non-hydrogen) atoms. The van der Waals surface area contributed by atoms with Crippen molar-refractivity contribution >= 4 is 21.4 Å². The Labute approximate surface area is 135 Å². The van der Waals surface area contributed by atoms with Crippen molar-refractivity contribution < 1.29 is 8.42 Å². The number of hydrogen-bond acceptors (Lipinski definition) is 4. The third-order valence-corrected chi connectivity index (χ3v) is 6.35. The third kappa shape index (κ3) is 3.11. The zero-order valence-electron chi connectivity index (χ0n) is 12.8. The van der Waals surface area contributed by atoms with Gasteiger partial charge in [-0.3, -0.25) is 4.68 Å². The van der Waals surface area contributed by atoms with Crippen LogP contribution in [0.4, 0.5) is 0 Å². The molecule has 2 aromatic heterocycles. The summed E-state index contributed by atoms with van der Waals surface area (Å²) in [7, 11) is -3.54. The van der Waals surface area contributed by atoms with E-state index in [1.165, 1.54) is 11.3 Å². The summed E-state index contributed by atoms with van der Waals surface area (Å²) < 4.78 is 30.1. The molecule has 0 atom stereocenters. The van der Waals surface area contributed by atoms with Crippen LogP contribution in [-0.2, 0) is 10.0 Å². The third-order valence-electron chi connectivity index (χ3n) is 3.95. The van der Waals surface area contributed by atoms with Crippen LogP contribution in [0.1, 0.15) is 45.6 Å². The van der Waals surface area contributed by atoms with Gasteiger partial charge in [0, 0.05) is 18.3 Å². The molecule has 7 heteroatoms. The highest BCUT2D eigenvalue weighted by atomic mass is 32.2. The molecular formula is C15H21N3O2S2. The van der Waals surface area contributed by atoms with Gasteiger partial charge in [0.1, 0.15) is 10.6 Å². The molecule has 0 bridgehead atoms. The van der Waals surface area contributed by atoms with Crippen molar-refractivity contribution in [2.24, 2.45) is 0 Å². The van der Waals surface area contributed by atoms with Crippen molar-refractivity contribution in [1.29, 1.82) is 0 Å². The lowest BCUT2D eigenvalue weighted by Crippen LogP contribution is -2.32. The Morgan fingerprint density at radius 2 is 2.09 bits per heavy atom. The number of aromatic nitrogens is 2. The minimum Gasteiger partial charge on any atom is -0.268 e. The topological polar surface area (TPSA) is 64.0 Å². The van der Waals surface area contributed by atoms with Crippen LogP contribution < -0.4 is 4.72 Å². The Morgan fingerprint density at radius 1 is 1.36 bits per heavy atom. The van der Waals surface area contributed by atoms with Crippen LogP contribution in [0.2, 0.25) is 0 Å². The van der Waals surface area contributed by atoms with E-state index in [1.807, 2.05) is 31.4 Å². The quantitative estimate of drug-likeness (QED) is 0.908. The van der Waals surface area contributed by atoms with E-state index in [9.17, 15) is 8.42 Å². The van der Waals surface area contributed by atoms with Crippen LogP contribution in [0, 0.1) is 0 Å². The van der Waals surface area contributed by atoms with Crippen molar-refractivity contribution in [1.82, 2.24) is 14.5 Å². The van der Waals surface area contributed by atoms with E-state index in [0.29, 0.717) is 5.69 Å².